The molecule has 5 heteroatoms. The van der Waals surface area contributed by atoms with Crippen LogP contribution in [0.1, 0.15) is 12.8 Å². The molecule has 2 atom stereocenters. The van der Waals surface area contributed by atoms with Crippen LogP contribution in [0, 0.1) is 0 Å². The Morgan fingerprint density at radius 2 is 1.55 bits per heavy atom. The molecule has 1 rings (SSSR count). The third-order valence-corrected chi connectivity index (χ3v) is 1.46. The van der Waals surface area contributed by atoms with E-state index in [0.717, 1.165) is 0 Å². The molecular formula is C6H12O5. The van der Waals surface area contributed by atoms with E-state index in [1.165, 1.54) is 0 Å². The van der Waals surface area contributed by atoms with Crippen molar-refractivity contribution in [1.29, 1.82) is 0 Å². The van der Waals surface area contributed by atoms with Crippen molar-refractivity contribution in [1.82, 2.24) is 0 Å². The van der Waals surface area contributed by atoms with Gasteiger partial charge >= 0.3 is 0 Å². The Morgan fingerprint density at radius 3 is 1.91 bits per heavy atom. The van der Waals surface area contributed by atoms with Gasteiger partial charge in [-0.1, -0.05) is 0 Å². The highest BCUT2D eigenvalue weighted by atomic mass is 16.8. The minimum absolute atomic E-state index is 0.351. The van der Waals surface area contributed by atoms with Gasteiger partial charge in [0.05, 0.1) is 0 Å². The maximum absolute atomic E-state index is 8.35. The van der Waals surface area contributed by atoms with Crippen LogP contribution in [0.4, 0.5) is 0 Å². The molecule has 1 aliphatic heterocycles. The summed E-state index contributed by atoms with van der Waals surface area (Å²) in [5.41, 5.74) is 0. The van der Waals surface area contributed by atoms with Crippen LogP contribution < -0.4 is 0 Å². The third-order valence-electron chi connectivity index (χ3n) is 1.46. The molecule has 1 saturated heterocycles. The van der Waals surface area contributed by atoms with E-state index in [1.807, 2.05) is 0 Å². The van der Waals surface area contributed by atoms with Crippen LogP contribution >= 0.6 is 0 Å². The number of rotatable bonds is 4. The van der Waals surface area contributed by atoms with Crippen molar-refractivity contribution in [2.45, 2.75) is 25.4 Å². The molecule has 0 aromatic carbocycles. The second-order valence-electron chi connectivity index (χ2n) is 2.16. The van der Waals surface area contributed by atoms with Crippen molar-refractivity contribution >= 4 is 0 Å². The quantitative estimate of drug-likeness (QED) is 0.542. The first-order valence-electron chi connectivity index (χ1n) is 3.47. The highest BCUT2D eigenvalue weighted by Crippen LogP contribution is 2.20. The fraction of sp³-hybridized carbons (Fsp3) is 1.00. The predicted molar refractivity (Wildman–Crippen MR) is 34.2 cm³/mol. The molecule has 5 nitrogen and oxygen atoms in total. The molecule has 0 spiro atoms. The zero-order chi connectivity index (χ0) is 8.10. The minimum Gasteiger partial charge on any atom is -0.371 e. The Labute approximate surface area is 64.5 Å². The SMILES string of the molecule is OCOC1CCC(OCO)O1. The summed E-state index contributed by atoms with van der Waals surface area (Å²) in [6.07, 6.45) is 0.587. The molecule has 1 aliphatic rings. The van der Waals surface area contributed by atoms with Gasteiger partial charge in [0, 0.05) is 12.8 Å². The zero-order valence-electron chi connectivity index (χ0n) is 6.10. The second kappa shape index (κ2) is 4.63. The van der Waals surface area contributed by atoms with Crippen LogP contribution in [0.3, 0.4) is 0 Å². The van der Waals surface area contributed by atoms with Crippen LogP contribution in [0.25, 0.3) is 0 Å². The molecule has 1 heterocycles. The summed E-state index contributed by atoms with van der Waals surface area (Å²) < 4.78 is 14.6. The lowest BCUT2D eigenvalue weighted by molar-refractivity contribution is -0.238. The third kappa shape index (κ3) is 2.72. The Bertz CT molecular complexity index is 95.1. The molecule has 0 aromatic rings. The van der Waals surface area contributed by atoms with Gasteiger partial charge < -0.3 is 24.4 Å². The van der Waals surface area contributed by atoms with Crippen LogP contribution in [0.15, 0.2) is 0 Å². The van der Waals surface area contributed by atoms with Gasteiger partial charge in [0.15, 0.2) is 12.6 Å². The fourth-order valence-corrected chi connectivity index (χ4v) is 0.989. The molecule has 0 radical (unpaired) electrons. The van der Waals surface area contributed by atoms with E-state index in [-0.39, 0.29) is 13.6 Å². The summed E-state index contributed by atoms with van der Waals surface area (Å²) in [5, 5.41) is 16.7. The maximum atomic E-state index is 8.35. The van der Waals surface area contributed by atoms with Gasteiger partial charge in [0.2, 0.25) is 0 Å². The van der Waals surface area contributed by atoms with Crippen molar-refractivity contribution in [3.8, 4) is 0 Å². The topological polar surface area (TPSA) is 68.2 Å². The Kier molecular flexibility index (Phi) is 3.74. The lowest BCUT2D eigenvalue weighted by Gasteiger charge is -2.11. The number of hydrogen-bond donors (Lipinski definition) is 2. The van der Waals surface area contributed by atoms with Gasteiger partial charge in [-0.15, -0.1) is 0 Å². The summed E-state index contributed by atoms with van der Waals surface area (Å²) in [6.45, 7) is -0.701. The number of ether oxygens (including phenoxy) is 3. The molecule has 0 aromatic heterocycles. The Morgan fingerprint density at radius 1 is 1.09 bits per heavy atom. The zero-order valence-corrected chi connectivity index (χ0v) is 6.10. The smallest absolute Gasteiger partial charge is 0.163 e. The average Bonchev–Trinajstić information content (AvgIpc) is 2.38. The van der Waals surface area contributed by atoms with Gasteiger partial charge in [-0.3, -0.25) is 0 Å². The van der Waals surface area contributed by atoms with Crippen molar-refractivity contribution in [2.24, 2.45) is 0 Å². The van der Waals surface area contributed by atoms with E-state index in [4.69, 9.17) is 24.4 Å². The summed E-state index contributed by atoms with van der Waals surface area (Å²) in [4.78, 5) is 0. The van der Waals surface area contributed by atoms with E-state index >= 15 is 0 Å². The Hall–Kier alpha value is -0.200. The molecular weight excluding hydrogens is 152 g/mol. The molecule has 0 amide bonds. The maximum Gasteiger partial charge on any atom is 0.163 e. The van der Waals surface area contributed by atoms with E-state index < -0.39 is 12.6 Å². The molecule has 2 N–H and O–H groups in total. The lowest BCUT2D eigenvalue weighted by atomic mass is 10.3. The first-order chi connectivity index (χ1) is 5.36. The second-order valence-corrected chi connectivity index (χ2v) is 2.16. The van der Waals surface area contributed by atoms with Gasteiger partial charge in [0.25, 0.3) is 0 Å². The Balaban J connectivity index is 2.12. The van der Waals surface area contributed by atoms with Crippen molar-refractivity contribution in [2.75, 3.05) is 13.6 Å². The van der Waals surface area contributed by atoms with E-state index in [1.54, 1.807) is 0 Å². The van der Waals surface area contributed by atoms with Crippen molar-refractivity contribution in [3.05, 3.63) is 0 Å². The van der Waals surface area contributed by atoms with Gasteiger partial charge in [-0.2, -0.15) is 0 Å². The molecule has 2 unspecified atom stereocenters. The van der Waals surface area contributed by atoms with Gasteiger partial charge in [-0.25, -0.2) is 0 Å². The van der Waals surface area contributed by atoms with Crippen molar-refractivity contribution < 1.29 is 24.4 Å². The predicted octanol–water partition coefficient (Wildman–Crippen LogP) is -0.618. The summed E-state index contributed by atoms with van der Waals surface area (Å²) in [6, 6.07) is 0. The van der Waals surface area contributed by atoms with Gasteiger partial charge in [0.1, 0.15) is 13.6 Å². The minimum atomic E-state index is -0.392. The van der Waals surface area contributed by atoms with Gasteiger partial charge in [-0.05, 0) is 0 Å². The summed E-state index contributed by atoms with van der Waals surface area (Å²) in [5.74, 6) is 0. The van der Waals surface area contributed by atoms with Crippen LogP contribution in [-0.4, -0.2) is 36.4 Å². The van der Waals surface area contributed by atoms with Crippen LogP contribution in [-0.2, 0) is 14.2 Å². The van der Waals surface area contributed by atoms with E-state index in [0.29, 0.717) is 12.8 Å². The van der Waals surface area contributed by atoms with Crippen LogP contribution in [0.2, 0.25) is 0 Å². The summed E-state index contributed by atoms with van der Waals surface area (Å²) >= 11 is 0. The highest BCUT2D eigenvalue weighted by Gasteiger charge is 2.25. The standard InChI is InChI=1S/C6H12O5/c7-3-9-5-1-2-6(11-5)10-4-8/h5-8H,1-4H2. The first-order valence-corrected chi connectivity index (χ1v) is 3.47. The van der Waals surface area contributed by atoms with Crippen molar-refractivity contribution in [3.63, 3.8) is 0 Å². The molecule has 0 bridgehead atoms. The number of aliphatic hydroxyl groups excluding tert-OH is 2. The average molecular weight is 164 g/mol. The molecule has 1 fully saturated rings. The highest BCUT2D eigenvalue weighted by molar-refractivity contribution is 4.59. The monoisotopic (exact) mass is 164 g/mol. The molecule has 0 aliphatic carbocycles. The largest absolute Gasteiger partial charge is 0.371 e. The van der Waals surface area contributed by atoms with Crippen LogP contribution in [0.5, 0.6) is 0 Å². The normalized spacial score (nSPS) is 31.1. The first kappa shape index (κ1) is 8.89. The molecule has 66 valence electrons. The number of hydrogen-bond acceptors (Lipinski definition) is 5. The lowest BCUT2D eigenvalue weighted by Crippen LogP contribution is -2.17. The molecule has 11 heavy (non-hydrogen) atoms. The fourth-order valence-electron chi connectivity index (χ4n) is 0.989. The molecule has 0 saturated carbocycles. The van der Waals surface area contributed by atoms with E-state index in [2.05, 4.69) is 0 Å². The summed E-state index contributed by atoms with van der Waals surface area (Å²) in [7, 11) is 0. The number of aliphatic hydroxyl groups is 2. The van der Waals surface area contributed by atoms with E-state index in [9.17, 15) is 0 Å².